The van der Waals surface area contributed by atoms with Crippen LogP contribution in [0.1, 0.15) is 0 Å². The van der Waals surface area contributed by atoms with Crippen LogP contribution in [0.2, 0.25) is 0 Å². The van der Waals surface area contributed by atoms with E-state index in [0.717, 1.165) is 12.1 Å². The lowest BCUT2D eigenvalue weighted by atomic mass is 10.3. The Bertz CT molecular complexity index is 608. The first-order chi connectivity index (χ1) is 7.16. The summed E-state index contributed by atoms with van der Waals surface area (Å²) in [5.74, 6) is -0.164. The minimum atomic E-state index is -4.99. The molecule has 0 aliphatic carbocycles. The number of ether oxygens (including phenoxy) is 1. The van der Waals surface area contributed by atoms with Crippen molar-refractivity contribution in [3.05, 3.63) is 18.2 Å². The zero-order valence-corrected chi connectivity index (χ0v) is 10.2. The number of rotatable bonds is 3. The van der Waals surface area contributed by atoms with Crippen molar-refractivity contribution in [1.29, 1.82) is 0 Å². The van der Waals surface area contributed by atoms with Gasteiger partial charge >= 0.3 is 10.2 Å². The van der Waals surface area contributed by atoms with E-state index in [0.29, 0.717) is 6.07 Å². The zero-order valence-electron chi connectivity index (χ0n) is 7.85. The highest BCUT2D eigenvalue weighted by molar-refractivity contribution is 8.13. The third-order valence-corrected chi connectivity index (χ3v) is 3.84. The normalized spacial score (nSPS) is 12.4. The molecule has 0 heterocycles. The van der Waals surface area contributed by atoms with E-state index in [4.69, 9.17) is 10.7 Å². The fourth-order valence-corrected chi connectivity index (χ4v) is 2.58. The molecule has 0 N–H and O–H groups in total. The van der Waals surface area contributed by atoms with Crippen LogP contribution in [0.15, 0.2) is 28.0 Å². The fourth-order valence-electron chi connectivity index (χ4n) is 0.999. The second kappa shape index (κ2) is 4.19. The van der Waals surface area contributed by atoms with Crippen LogP contribution in [0.5, 0.6) is 5.75 Å². The lowest BCUT2D eigenvalue weighted by Crippen LogP contribution is -1.99. The number of hydrogen-bond donors (Lipinski definition) is 0. The van der Waals surface area contributed by atoms with Gasteiger partial charge in [-0.05, 0) is 18.2 Å². The lowest BCUT2D eigenvalue weighted by Gasteiger charge is -2.05. The van der Waals surface area contributed by atoms with Crippen LogP contribution >= 0.6 is 10.7 Å². The molecule has 0 saturated heterocycles. The van der Waals surface area contributed by atoms with Gasteiger partial charge in [-0.3, -0.25) is 0 Å². The third-order valence-electron chi connectivity index (χ3n) is 1.68. The minimum Gasteiger partial charge on any atom is -0.495 e. The number of hydrogen-bond acceptors (Lipinski definition) is 5. The van der Waals surface area contributed by atoms with E-state index in [9.17, 15) is 20.7 Å². The molecule has 0 fully saturated rings. The molecule has 1 aromatic rings. The maximum Gasteiger partial charge on any atom is 0.332 e. The summed E-state index contributed by atoms with van der Waals surface area (Å²) in [5, 5.41) is 0. The molecule has 0 bridgehead atoms. The summed E-state index contributed by atoms with van der Waals surface area (Å²) in [7, 11) is -2.99. The van der Waals surface area contributed by atoms with E-state index in [1.54, 1.807) is 0 Å². The Morgan fingerprint density at radius 2 is 1.81 bits per heavy atom. The average molecular weight is 289 g/mol. The molecule has 0 unspecified atom stereocenters. The summed E-state index contributed by atoms with van der Waals surface area (Å²) in [5.41, 5.74) is 0. The van der Waals surface area contributed by atoms with Gasteiger partial charge in [0.25, 0.3) is 9.05 Å². The van der Waals surface area contributed by atoms with Crippen LogP contribution in [0.4, 0.5) is 3.89 Å². The molecule has 9 heteroatoms. The largest absolute Gasteiger partial charge is 0.495 e. The summed E-state index contributed by atoms with van der Waals surface area (Å²) < 4.78 is 60.5. The molecule has 0 atom stereocenters. The Hall–Kier alpha value is -0.860. The van der Waals surface area contributed by atoms with E-state index < -0.39 is 29.1 Å². The topological polar surface area (TPSA) is 77.5 Å². The minimum absolute atomic E-state index is 0.164. The van der Waals surface area contributed by atoms with Crippen molar-refractivity contribution in [1.82, 2.24) is 0 Å². The highest BCUT2D eigenvalue weighted by atomic mass is 35.7. The van der Waals surface area contributed by atoms with Crippen molar-refractivity contribution in [3.63, 3.8) is 0 Å². The van der Waals surface area contributed by atoms with Crippen molar-refractivity contribution in [3.8, 4) is 5.75 Å². The first-order valence-electron chi connectivity index (χ1n) is 3.73. The second-order valence-electron chi connectivity index (χ2n) is 2.69. The molecule has 1 aromatic carbocycles. The van der Waals surface area contributed by atoms with Crippen LogP contribution in [0, 0.1) is 0 Å². The van der Waals surface area contributed by atoms with E-state index in [2.05, 4.69) is 4.74 Å². The molecule has 1 rings (SSSR count). The molecular weight excluding hydrogens is 283 g/mol. The van der Waals surface area contributed by atoms with Gasteiger partial charge in [0, 0.05) is 10.7 Å². The molecule has 0 amide bonds. The van der Waals surface area contributed by atoms with Crippen LogP contribution in [0.3, 0.4) is 0 Å². The van der Waals surface area contributed by atoms with Gasteiger partial charge < -0.3 is 4.74 Å². The van der Waals surface area contributed by atoms with Gasteiger partial charge in [0.05, 0.1) is 7.11 Å². The van der Waals surface area contributed by atoms with Crippen LogP contribution in [0.25, 0.3) is 0 Å². The van der Waals surface area contributed by atoms with E-state index in [1.165, 1.54) is 7.11 Å². The SMILES string of the molecule is COc1ccc(S(=O)(=O)F)cc1S(=O)(=O)Cl. The van der Waals surface area contributed by atoms with Gasteiger partial charge in [-0.25, -0.2) is 8.42 Å². The predicted octanol–water partition coefficient (Wildman–Crippen LogP) is 1.28. The highest BCUT2D eigenvalue weighted by Crippen LogP contribution is 2.29. The first kappa shape index (κ1) is 13.2. The third kappa shape index (κ3) is 2.83. The van der Waals surface area contributed by atoms with Gasteiger partial charge in [0.15, 0.2) is 0 Å². The molecule has 0 aromatic heterocycles. The van der Waals surface area contributed by atoms with Crippen LogP contribution < -0.4 is 4.74 Å². The molecule has 90 valence electrons. The van der Waals surface area contributed by atoms with E-state index in [-0.39, 0.29) is 5.75 Å². The zero-order chi connectivity index (χ0) is 12.6. The molecule has 0 aliphatic heterocycles. The van der Waals surface area contributed by atoms with Crippen molar-refractivity contribution in [2.45, 2.75) is 9.79 Å². The first-order valence-corrected chi connectivity index (χ1v) is 7.43. The monoisotopic (exact) mass is 288 g/mol. The van der Waals surface area contributed by atoms with Crippen molar-refractivity contribution < 1.29 is 25.5 Å². The summed E-state index contributed by atoms with van der Waals surface area (Å²) in [6, 6.07) is 2.47. The molecular formula is C7H6ClFO5S2. The van der Waals surface area contributed by atoms with E-state index in [1.807, 2.05) is 0 Å². The summed E-state index contributed by atoms with van der Waals surface area (Å²) in [6.07, 6.45) is 0. The van der Waals surface area contributed by atoms with E-state index >= 15 is 0 Å². The summed E-state index contributed by atoms with van der Waals surface area (Å²) >= 11 is 0. The Balaban J connectivity index is 3.58. The quantitative estimate of drug-likeness (QED) is 0.783. The molecule has 5 nitrogen and oxygen atoms in total. The smallest absolute Gasteiger partial charge is 0.332 e. The Kier molecular flexibility index (Phi) is 3.46. The summed E-state index contributed by atoms with van der Waals surface area (Å²) in [6.45, 7) is 0. The van der Waals surface area contributed by atoms with Gasteiger partial charge in [-0.1, -0.05) is 0 Å². The predicted molar refractivity (Wildman–Crippen MR) is 54.3 cm³/mol. The number of halogens is 2. The maximum atomic E-state index is 12.6. The van der Waals surface area contributed by atoms with Gasteiger partial charge in [-0.15, -0.1) is 3.89 Å². The van der Waals surface area contributed by atoms with Crippen molar-refractivity contribution in [2.24, 2.45) is 0 Å². The Labute approximate surface area is 96.4 Å². The standard InChI is InChI=1S/C7H6ClFO5S2/c1-14-6-3-2-5(16(9,12)13)4-7(6)15(8,10)11/h2-4H,1H3. The maximum absolute atomic E-state index is 12.6. The summed E-state index contributed by atoms with van der Waals surface area (Å²) in [4.78, 5) is -1.40. The fraction of sp³-hybridized carbons (Fsp3) is 0.143. The Morgan fingerprint density at radius 1 is 1.25 bits per heavy atom. The molecule has 0 saturated carbocycles. The second-order valence-corrected chi connectivity index (χ2v) is 6.57. The Morgan fingerprint density at radius 3 is 2.19 bits per heavy atom. The molecule has 16 heavy (non-hydrogen) atoms. The highest BCUT2D eigenvalue weighted by Gasteiger charge is 2.21. The van der Waals surface area contributed by atoms with Gasteiger partial charge in [-0.2, -0.15) is 8.42 Å². The van der Waals surface area contributed by atoms with Gasteiger partial charge in [0.2, 0.25) is 0 Å². The molecule has 0 spiro atoms. The number of methoxy groups -OCH3 is 1. The molecule has 0 radical (unpaired) electrons. The number of benzene rings is 1. The van der Waals surface area contributed by atoms with Gasteiger partial charge in [0.1, 0.15) is 15.5 Å². The van der Waals surface area contributed by atoms with Crippen molar-refractivity contribution in [2.75, 3.05) is 7.11 Å². The average Bonchev–Trinajstić information content (AvgIpc) is 2.14. The molecule has 0 aliphatic rings. The lowest BCUT2D eigenvalue weighted by molar-refractivity contribution is 0.402. The van der Waals surface area contributed by atoms with Crippen molar-refractivity contribution >= 4 is 30.0 Å². The van der Waals surface area contributed by atoms with Crippen LogP contribution in [-0.4, -0.2) is 23.9 Å². The van der Waals surface area contributed by atoms with Crippen LogP contribution in [-0.2, 0) is 19.3 Å².